The van der Waals surface area contributed by atoms with Gasteiger partial charge in [0.1, 0.15) is 17.7 Å². The van der Waals surface area contributed by atoms with E-state index in [9.17, 15) is 23.5 Å². The number of amides is 3. The Morgan fingerprint density at radius 2 is 2.05 bits per heavy atom. The van der Waals surface area contributed by atoms with Gasteiger partial charge in [0.05, 0.1) is 12.6 Å². The molecule has 2 aliphatic rings. The predicted octanol–water partition coefficient (Wildman–Crippen LogP) is 1.81. The number of aliphatic hydroxyl groups is 1. The summed E-state index contributed by atoms with van der Waals surface area (Å²) in [5.74, 6) is -2.01. The van der Waals surface area contributed by atoms with Crippen LogP contribution < -0.4 is 0 Å². The lowest BCUT2D eigenvalue weighted by atomic mass is 10.0. The Morgan fingerprint density at radius 3 is 2.73 bits per heavy atom. The normalized spacial score (nSPS) is 23.0. The maximum atomic E-state index is 13.7. The number of benzene rings is 1. The molecule has 0 aliphatic carbocycles. The first-order valence-electron chi connectivity index (χ1n) is 7.24. The maximum Gasteiger partial charge on any atom is 0.327 e. The van der Waals surface area contributed by atoms with Gasteiger partial charge in [0.15, 0.2) is 0 Å². The molecule has 2 atom stereocenters. The summed E-state index contributed by atoms with van der Waals surface area (Å²) in [5, 5.41) is 10.1. The van der Waals surface area contributed by atoms with Crippen molar-refractivity contribution < 1.29 is 23.5 Å². The number of piperidine rings is 1. The number of carbonyl (C=O) groups is 2. The molecular formula is C15H16F2N2O3. The Labute approximate surface area is 126 Å². The van der Waals surface area contributed by atoms with E-state index in [1.807, 2.05) is 0 Å². The molecule has 0 unspecified atom stereocenters. The third-order valence-corrected chi connectivity index (χ3v) is 4.21. The second-order valence-electron chi connectivity index (χ2n) is 5.62. The van der Waals surface area contributed by atoms with Crippen molar-refractivity contribution in [3.05, 3.63) is 35.4 Å². The molecule has 5 nitrogen and oxygen atoms in total. The number of hydrogen-bond donors (Lipinski definition) is 1. The third-order valence-electron chi connectivity index (χ3n) is 4.21. The summed E-state index contributed by atoms with van der Waals surface area (Å²) in [4.78, 5) is 26.9. The molecule has 0 bridgehead atoms. The van der Waals surface area contributed by atoms with Gasteiger partial charge < -0.3 is 10.0 Å². The van der Waals surface area contributed by atoms with Crippen molar-refractivity contribution >= 4 is 11.9 Å². The van der Waals surface area contributed by atoms with Crippen molar-refractivity contribution in [3.8, 4) is 0 Å². The highest BCUT2D eigenvalue weighted by atomic mass is 19.1. The van der Waals surface area contributed by atoms with Crippen LogP contribution in [-0.4, -0.2) is 46.0 Å². The molecule has 7 heteroatoms. The molecule has 118 valence electrons. The van der Waals surface area contributed by atoms with Crippen molar-refractivity contribution in [3.63, 3.8) is 0 Å². The monoisotopic (exact) mass is 310 g/mol. The van der Waals surface area contributed by atoms with E-state index in [0.717, 1.165) is 29.9 Å². The first-order valence-corrected chi connectivity index (χ1v) is 7.24. The van der Waals surface area contributed by atoms with E-state index in [2.05, 4.69) is 0 Å². The van der Waals surface area contributed by atoms with Crippen LogP contribution in [0.15, 0.2) is 18.2 Å². The summed E-state index contributed by atoms with van der Waals surface area (Å²) in [6, 6.07) is 1.89. The van der Waals surface area contributed by atoms with Crippen LogP contribution in [0.5, 0.6) is 0 Å². The Morgan fingerprint density at radius 1 is 1.27 bits per heavy atom. The molecule has 3 amide bonds. The summed E-state index contributed by atoms with van der Waals surface area (Å²) in [6.45, 7) is 0.194. The van der Waals surface area contributed by atoms with Crippen molar-refractivity contribution in [2.75, 3.05) is 13.1 Å². The zero-order chi connectivity index (χ0) is 15.9. The summed E-state index contributed by atoms with van der Waals surface area (Å²) >= 11 is 0. The molecule has 0 aromatic heterocycles. The highest BCUT2D eigenvalue weighted by Crippen LogP contribution is 2.28. The highest BCUT2D eigenvalue weighted by Gasteiger charge is 2.46. The van der Waals surface area contributed by atoms with E-state index in [0.29, 0.717) is 19.0 Å². The first-order chi connectivity index (χ1) is 10.5. The number of fused-ring (bicyclic) bond motifs is 1. The molecule has 1 aromatic carbocycles. The third kappa shape index (κ3) is 2.45. The SMILES string of the molecule is O=C1[C@H]2CCCCN2C(=O)N1C[C@@H](O)c1ccc(F)cc1F. The van der Waals surface area contributed by atoms with E-state index >= 15 is 0 Å². The van der Waals surface area contributed by atoms with Gasteiger partial charge in [-0.2, -0.15) is 0 Å². The molecule has 0 saturated carbocycles. The lowest BCUT2D eigenvalue weighted by Gasteiger charge is -2.26. The van der Waals surface area contributed by atoms with Crippen molar-refractivity contribution in [1.29, 1.82) is 0 Å². The fourth-order valence-corrected chi connectivity index (χ4v) is 3.06. The van der Waals surface area contributed by atoms with Crippen LogP contribution in [0, 0.1) is 11.6 Å². The second kappa shape index (κ2) is 5.64. The summed E-state index contributed by atoms with van der Waals surface area (Å²) in [5.41, 5.74) is -0.133. The maximum absolute atomic E-state index is 13.7. The molecule has 1 aromatic rings. The van der Waals surface area contributed by atoms with E-state index < -0.39 is 29.8 Å². The van der Waals surface area contributed by atoms with Gasteiger partial charge in [-0.3, -0.25) is 9.69 Å². The molecule has 2 heterocycles. The molecule has 1 N–H and O–H groups in total. The smallest absolute Gasteiger partial charge is 0.327 e. The minimum atomic E-state index is -1.38. The van der Waals surface area contributed by atoms with Gasteiger partial charge in [0.25, 0.3) is 5.91 Å². The summed E-state index contributed by atoms with van der Waals surface area (Å²) < 4.78 is 26.6. The van der Waals surface area contributed by atoms with E-state index in [1.54, 1.807) is 0 Å². The van der Waals surface area contributed by atoms with Crippen LogP contribution in [0.25, 0.3) is 0 Å². The largest absolute Gasteiger partial charge is 0.386 e. The van der Waals surface area contributed by atoms with Crippen molar-refractivity contribution in [2.45, 2.75) is 31.4 Å². The molecule has 22 heavy (non-hydrogen) atoms. The van der Waals surface area contributed by atoms with Crippen LogP contribution in [0.4, 0.5) is 13.6 Å². The van der Waals surface area contributed by atoms with Gasteiger partial charge in [-0.1, -0.05) is 6.07 Å². The van der Waals surface area contributed by atoms with Gasteiger partial charge in [0, 0.05) is 18.2 Å². The first kappa shape index (κ1) is 14.9. The van der Waals surface area contributed by atoms with Crippen LogP contribution in [0.3, 0.4) is 0 Å². The summed E-state index contributed by atoms with van der Waals surface area (Å²) in [7, 11) is 0. The fraction of sp³-hybridized carbons (Fsp3) is 0.467. The van der Waals surface area contributed by atoms with Crippen LogP contribution >= 0.6 is 0 Å². The fourth-order valence-electron chi connectivity index (χ4n) is 3.06. The molecule has 0 spiro atoms. The van der Waals surface area contributed by atoms with Crippen molar-refractivity contribution in [1.82, 2.24) is 9.80 Å². The van der Waals surface area contributed by atoms with Gasteiger partial charge >= 0.3 is 6.03 Å². The Hall–Kier alpha value is -2.02. The zero-order valence-corrected chi connectivity index (χ0v) is 11.8. The topological polar surface area (TPSA) is 60.9 Å². The molecule has 2 aliphatic heterocycles. The minimum absolute atomic E-state index is 0.133. The standard InChI is InChI=1S/C15H16F2N2O3/c16-9-4-5-10(11(17)7-9)13(20)8-19-14(21)12-3-1-2-6-18(12)15(19)22/h4-5,7,12-13,20H,1-3,6,8H2/t12-,13-/m1/s1. The Balaban J connectivity index is 1.77. The van der Waals surface area contributed by atoms with Gasteiger partial charge in [0.2, 0.25) is 0 Å². The molecule has 2 saturated heterocycles. The average Bonchev–Trinajstić information content (AvgIpc) is 2.73. The lowest BCUT2D eigenvalue weighted by Crippen LogP contribution is -2.39. The van der Waals surface area contributed by atoms with Crippen LogP contribution in [0.2, 0.25) is 0 Å². The number of nitrogens with zero attached hydrogens (tertiary/aromatic N) is 2. The number of β-amino-alcohol motifs (C(OH)–C–C–N with tert-alkyl or cyclic N) is 1. The van der Waals surface area contributed by atoms with E-state index in [1.165, 1.54) is 4.90 Å². The van der Waals surface area contributed by atoms with Gasteiger partial charge in [-0.05, 0) is 25.3 Å². The van der Waals surface area contributed by atoms with Gasteiger partial charge in [-0.25, -0.2) is 13.6 Å². The Bertz CT molecular complexity index is 599. The number of imide groups is 1. The molecular weight excluding hydrogens is 294 g/mol. The van der Waals surface area contributed by atoms with Gasteiger partial charge in [-0.15, -0.1) is 0 Å². The van der Waals surface area contributed by atoms with E-state index in [-0.39, 0.29) is 18.0 Å². The minimum Gasteiger partial charge on any atom is -0.386 e. The Kier molecular flexibility index (Phi) is 3.82. The quantitative estimate of drug-likeness (QED) is 0.866. The molecule has 2 fully saturated rings. The predicted molar refractivity (Wildman–Crippen MR) is 72.8 cm³/mol. The van der Waals surface area contributed by atoms with Crippen LogP contribution in [0.1, 0.15) is 30.9 Å². The summed E-state index contributed by atoms with van der Waals surface area (Å²) in [6.07, 6.45) is 0.957. The highest BCUT2D eigenvalue weighted by molar-refractivity contribution is 6.04. The number of rotatable bonds is 3. The van der Waals surface area contributed by atoms with Crippen molar-refractivity contribution in [2.24, 2.45) is 0 Å². The zero-order valence-electron chi connectivity index (χ0n) is 11.8. The van der Waals surface area contributed by atoms with Crippen LogP contribution in [-0.2, 0) is 4.79 Å². The number of carbonyl (C=O) groups excluding carboxylic acids is 2. The molecule has 3 rings (SSSR count). The van der Waals surface area contributed by atoms with E-state index in [4.69, 9.17) is 0 Å². The number of hydrogen-bond acceptors (Lipinski definition) is 3. The molecule has 0 radical (unpaired) electrons. The number of halogens is 2. The lowest BCUT2D eigenvalue weighted by molar-refractivity contribution is -0.129. The number of aliphatic hydroxyl groups excluding tert-OH is 1. The number of urea groups is 1. The second-order valence-corrected chi connectivity index (χ2v) is 5.62. The average molecular weight is 310 g/mol.